The Kier molecular flexibility index (Phi) is 5.09. The van der Waals surface area contributed by atoms with Gasteiger partial charge in [-0.3, -0.25) is 15.0 Å². The van der Waals surface area contributed by atoms with E-state index in [0.717, 1.165) is 0 Å². The van der Waals surface area contributed by atoms with E-state index in [1.165, 1.54) is 0 Å². The molecule has 0 fully saturated rings. The fraction of sp³-hybridized carbons (Fsp3) is 0.667. The van der Waals surface area contributed by atoms with Crippen molar-refractivity contribution in [3.05, 3.63) is 0 Å². The molecule has 4 nitrogen and oxygen atoms in total. The first-order chi connectivity index (χ1) is 4.39. The Balaban J connectivity index is 0. The molecule has 0 atom stereocenters. The molecule has 0 saturated heterocycles. The van der Waals surface area contributed by atoms with E-state index in [1.807, 2.05) is 0 Å². The summed E-state index contributed by atoms with van der Waals surface area (Å²) < 4.78 is 0. The molecule has 5 heteroatoms. The molecule has 0 aromatic rings. The molecule has 0 radical (unpaired) electrons. The number of ketones is 1. The first-order valence-corrected chi connectivity index (χ1v) is 2.95. The predicted molar refractivity (Wildman–Crippen MR) is 44.0 cm³/mol. The maximum Gasteiger partial charge on any atom is 0.301 e. The monoisotopic (exact) mass is 180 g/mol. The first kappa shape index (κ1) is 13.0. The second-order valence-corrected chi connectivity index (χ2v) is 3.05. The van der Waals surface area contributed by atoms with Crippen LogP contribution in [0.3, 0.4) is 0 Å². The van der Waals surface area contributed by atoms with Crippen LogP contribution in [0.25, 0.3) is 0 Å². The highest BCUT2D eigenvalue weighted by Crippen LogP contribution is 2.13. The highest BCUT2D eigenvalue weighted by atomic mass is 35.5. The van der Waals surface area contributed by atoms with E-state index >= 15 is 0 Å². The summed E-state index contributed by atoms with van der Waals surface area (Å²) in [6.45, 7) is 4.97. The Morgan fingerprint density at radius 1 is 1.27 bits per heavy atom. The molecule has 0 aliphatic rings. The summed E-state index contributed by atoms with van der Waals surface area (Å²) in [7, 11) is 0. The molecule has 11 heavy (non-hydrogen) atoms. The zero-order chi connectivity index (χ0) is 8.36. The van der Waals surface area contributed by atoms with Crippen molar-refractivity contribution in [1.82, 2.24) is 5.43 Å². The number of halogens is 1. The molecule has 0 aromatic carbocycles. The summed E-state index contributed by atoms with van der Waals surface area (Å²) in [5.41, 5.74) is 1.13. The van der Waals surface area contributed by atoms with Crippen molar-refractivity contribution in [3.63, 3.8) is 0 Å². The number of hydrazine groups is 1. The van der Waals surface area contributed by atoms with Crippen LogP contribution in [-0.4, -0.2) is 11.7 Å². The summed E-state index contributed by atoms with van der Waals surface area (Å²) in [4.78, 5) is 21.5. The molecule has 66 valence electrons. The van der Waals surface area contributed by atoms with Crippen LogP contribution in [0.15, 0.2) is 0 Å². The van der Waals surface area contributed by atoms with Crippen LogP contribution >= 0.6 is 12.4 Å². The van der Waals surface area contributed by atoms with E-state index in [0.29, 0.717) is 0 Å². The van der Waals surface area contributed by atoms with Crippen LogP contribution < -0.4 is 11.3 Å². The van der Waals surface area contributed by atoms with Gasteiger partial charge in [0.25, 0.3) is 0 Å². The number of amides is 1. The van der Waals surface area contributed by atoms with E-state index in [9.17, 15) is 9.59 Å². The quantitative estimate of drug-likeness (QED) is 0.259. The van der Waals surface area contributed by atoms with Gasteiger partial charge in [-0.05, 0) is 0 Å². The van der Waals surface area contributed by atoms with E-state index in [-0.39, 0.29) is 12.4 Å². The largest absolute Gasteiger partial charge is 0.301 e. The van der Waals surface area contributed by atoms with Crippen molar-refractivity contribution in [2.45, 2.75) is 20.8 Å². The Hall–Kier alpha value is -0.610. The Morgan fingerprint density at radius 3 is 1.73 bits per heavy atom. The van der Waals surface area contributed by atoms with Gasteiger partial charge in [0, 0.05) is 5.41 Å². The third-order valence-electron chi connectivity index (χ3n) is 1.02. The van der Waals surface area contributed by atoms with Crippen molar-refractivity contribution in [2.24, 2.45) is 11.3 Å². The van der Waals surface area contributed by atoms with Crippen molar-refractivity contribution in [1.29, 1.82) is 0 Å². The number of Topliss-reactive ketones (excluding diaryl/α,β-unsaturated/α-hetero) is 1. The molecule has 0 aliphatic heterocycles. The molecule has 0 aliphatic carbocycles. The molecule has 0 bridgehead atoms. The second kappa shape index (κ2) is 4.31. The maximum absolute atomic E-state index is 10.9. The average molecular weight is 181 g/mol. The van der Waals surface area contributed by atoms with Gasteiger partial charge < -0.3 is 0 Å². The smallest absolute Gasteiger partial charge is 0.288 e. The highest BCUT2D eigenvalue weighted by Gasteiger charge is 2.27. The van der Waals surface area contributed by atoms with E-state index in [1.54, 1.807) is 26.2 Å². The summed E-state index contributed by atoms with van der Waals surface area (Å²) >= 11 is 0. The molecule has 0 aromatic heterocycles. The van der Waals surface area contributed by atoms with Crippen LogP contribution in [0.1, 0.15) is 20.8 Å². The molecular weight excluding hydrogens is 168 g/mol. The van der Waals surface area contributed by atoms with Gasteiger partial charge in [0.2, 0.25) is 5.78 Å². The lowest BCUT2D eigenvalue weighted by Gasteiger charge is -2.13. The zero-order valence-electron chi connectivity index (χ0n) is 6.80. The van der Waals surface area contributed by atoms with Crippen LogP contribution in [0.5, 0.6) is 0 Å². The molecule has 0 spiro atoms. The molecule has 0 saturated carbocycles. The van der Waals surface area contributed by atoms with Crippen molar-refractivity contribution >= 4 is 24.1 Å². The second-order valence-electron chi connectivity index (χ2n) is 3.05. The van der Waals surface area contributed by atoms with E-state index in [4.69, 9.17) is 5.84 Å². The fourth-order valence-electron chi connectivity index (χ4n) is 0.406. The van der Waals surface area contributed by atoms with Crippen LogP contribution in [0.2, 0.25) is 0 Å². The molecule has 1 amide bonds. The number of hydrogen-bond donors (Lipinski definition) is 2. The van der Waals surface area contributed by atoms with Gasteiger partial charge >= 0.3 is 5.91 Å². The summed E-state index contributed by atoms with van der Waals surface area (Å²) in [5, 5.41) is 0. The molecule has 0 heterocycles. The maximum atomic E-state index is 10.9. The lowest BCUT2D eigenvalue weighted by Crippen LogP contribution is -2.41. The summed E-state index contributed by atoms with van der Waals surface area (Å²) in [5.74, 6) is 3.50. The Bertz CT molecular complexity index is 162. The Labute approximate surface area is 71.9 Å². The topological polar surface area (TPSA) is 72.2 Å². The Morgan fingerprint density at radius 2 is 1.64 bits per heavy atom. The van der Waals surface area contributed by atoms with Gasteiger partial charge in [-0.1, -0.05) is 20.8 Å². The van der Waals surface area contributed by atoms with Crippen molar-refractivity contribution in [2.75, 3.05) is 0 Å². The normalized spacial score (nSPS) is 9.82. The highest BCUT2D eigenvalue weighted by molar-refractivity contribution is 6.37. The molecule has 0 unspecified atom stereocenters. The number of nitrogens with one attached hydrogen (secondary N) is 1. The number of carbonyl (C=O) groups excluding carboxylic acids is 2. The van der Waals surface area contributed by atoms with Gasteiger partial charge in [0.15, 0.2) is 0 Å². The number of nitrogens with two attached hydrogens (primary N) is 1. The molecule has 3 N–H and O–H groups in total. The van der Waals surface area contributed by atoms with Crippen LogP contribution in [0.4, 0.5) is 0 Å². The average Bonchev–Trinajstić information content (AvgIpc) is 1.83. The predicted octanol–water partition coefficient (Wildman–Crippen LogP) is 0.0133. The summed E-state index contributed by atoms with van der Waals surface area (Å²) in [6.07, 6.45) is 0. The minimum atomic E-state index is -0.743. The van der Waals surface area contributed by atoms with Crippen LogP contribution in [-0.2, 0) is 9.59 Å². The minimum absolute atomic E-state index is 0. The SMILES string of the molecule is CC(C)(C)C(=O)C(=O)NN.Cl. The minimum Gasteiger partial charge on any atom is -0.288 e. The van der Waals surface area contributed by atoms with Gasteiger partial charge in [-0.25, -0.2) is 5.84 Å². The fourth-order valence-corrected chi connectivity index (χ4v) is 0.406. The number of rotatable bonds is 1. The number of hydrogen-bond acceptors (Lipinski definition) is 3. The zero-order valence-corrected chi connectivity index (χ0v) is 7.62. The molecule has 0 rings (SSSR count). The van der Waals surface area contributed by atoms with Crippen molar-refractivity contribution in [3.8, 4) is 0 Å². The van der Waals surface area contributed by atoms with E-state index in [2.05, 4.69) is 0 Å². The van der Waals surface area contributed by atoms with Crippen molar-refractivity contribution < 1.29 is 9.59 Å². The van der Waals surface area contributed by atoms with Crippen LogP contribution in [0, 0.1) is 5.41 Å². The van der Waals surface area contributed by atoms with Gasteiger partial charge in [0.1, 0.15) is 0 Å². The number of carbonyl (C=O) groups is 2. The summed E-state index contributed by atoms with van der Waals surface area (Å²) in [6, 6.07) is 0. The third-order valence-corrected chi connectivity index (χ3v) is 1.02. The first-order valence-electron chi connectivity index (χ1n) is 2.95. The lowest BCUT2D eigenvalue weighted by atomic mass is 9.90. The van der Waals surface area contributed by atoms with Gasteiger partial charge in [-0.2, -0.15) is 0 Å². The molecular formula is C6H13ClN2O2. The lowest BCUT2D eigenvalue weighted by molar-refractivity contribution is -0.142. The van der Waals surface area contributed by atoms with E-state index < -0.39 is 17.1 Å². The standard InChI is InChI=1S/C6H12N2O2.ClH/c1-6(2,3)4(9)5(10)8-7;/h7H2,1-3H3,(H,8,10);1H. The third kappa shape index (κ3) is 3.95. The van der Waals surface area contributed by atoms with Gasteiger partial charge in [0.05, 0.1) is 0 Å². The van der Waals surface area contributed by atoms with Gasteiger partial charge in [-0.15, -0.1) is 12.4 Å².